The normalized spacial score (nSPS) is 12.3. The van der Waals surface area contributed by atoms with Gasteiger partial charge in [-0.25, -0.2) is 10.4 Å². The number of fused-ring (bicyclic) bond motifs is 2. The van der Waals surface area contributed by atoms with Gasteiger partial charge in [-0.15, -0.1) is 15.8 Å². The van der Waals surface area contributed by atoms with Gasteiger partial charge in [0.05, 0.1) is 0 Å². The van der Waals surface area contributed by atoms with Crippen molar-refractivity contribution in [1.29, 1.82) is 0 Å². The van der Waals surface area contributed by atoms with Crippen molar-refractivity contribution in [2.75, 3.05) is 0 Å². The Morgan fingerprint density at radius 3 is 0.759 bits per heavy atom. The van der Waals surface area contributed by atoms with Crippen LogP contribution in [0.3, 0.4) is 0 Å². The van der Waals surface area contributed by atoms with Crippen molar-refractivity contribution in [1.82, 2.24) is 0 Å². The summed E-state index contributed by atoms with van der Waals surface area (Å²) in [6, 6.07) is 38.4. The monoisotopic (exact) mass is 764 g/mol. The van der Waals surface area contributed by atoms with Gasteiger partial charge in [0, 0.05) is 0 Å². The minimum absolute atomic E-state index is 0.704. The van der Waals surface area contributed by atoms with E-state index in [1.807, 2.05) is 0 Å². The Balaban J connectivity index is 1.70. The first kappa shape index (κ1) is 38.2. The molecule has 0 nitrogen and oxygen atoms in total. The fraction of sp³-hybridized carbons (Fsp3) is 0.240. The Hall–Kier alpha value is -4.07. The predicted molar refractivity (Wildman–Crippen MR) is 245 cm³/mol. The summed E-state index contributed by atoms with van der Waals surface area (Å²) in [4.78, 5) is 0. The van der Waals surface area contributed by atoms with Crippen LogP contribution in [0.4, 0.5) is 0 Å². The summed E-state index contributed by atoms with van der Waals surface area (Å²) < 4.78 is 0. The molecule has 0 unspecified atom stereocenters. The van der Waals surface area contributed by atoms with Crippen LogP contribution in [0.2, 0.25) is 0 Å². The van der Waals surface area contributed by atoms with E-state index in [1.165, 1.54) is 88.3 Å². The molecular weight excluding hydrogens is 713 g/mol. The number of aryl methyl sites for hydroxylation is 12. The van der Waals surface area contributed by atoms with Crippen molar-refractivity contribution in [2.45, 2.75) is 83.1 Å². The Bertz CT molecular complexity index is 2390. The molecule has 0 aliphatic carbocycles. The standard InChI is InChI=1S/C50H52Si4/c1-29-21-33(5)45(34(6)22-29)51-53(47-37(9)25-31(3)26-38(47)10)49-41-17-13-15-19-43(41)50(44-20-16-14-18-42(44)49)54(48-39(11)27-32(4)28-40(48)12)52-46-35(7)23-30(2)24-36(46)8/h13-28H,1-12H3/q-2. The zero-order chi connectivity index (χ0) is 38.6. The van der Waals surface area contributed by atoms with E-state index in [2.05, 4.69) is 180 Å². The van der Waals surface area contributed by atoms with Gasteiger partial charge in [-0.2, -0.15) is 0 Å². The van der Waals surface area contributed by atoms with E-state index in [9.17, 15) is 0 Å². The molecule has 0 atom stereocenters. The van der Waals surface area contributed by atoms with Gasteiger partial charge in [0.25, 0.3) is 0 Å². The Morgan fingerprint density at radius 1 is 0.296 bits per heavy atom. The van der Waals surface area contributed by atoms with Crippen LogP contribution < -0.4 is 31.1 Å². The molecule has 270 valence electrons. The first-order valence-electron chi connectivity index (χ1n) is 19.3. The van der Waals surface area contributed by atoms with E-state index in [0.717, 1.165) is 0 Å². The fourth-order valence-corrected chi connectivity index (χ4v) is 25.1. The molecule has 0 saturated carbocycles. The van der Waals surface area contributed by atoms with Crippen molar-refractivity contribution < 1.29 is 0 Å². The van der Waals surface area contributed by atoms with Crippen molar-refractivity contribution in [2.24, 2.45) is 0 Å². The second kappa shape index (κ2) is 15.2. The molecule has 0 amide bonds. The maximum Gasteiger partial charge on any atom is -0.0177 e. The van der Waals surface area contributed by atoms with Gasteiger partial charge in [-0.3, -0.25) is 0 Å². The van der Waals surface area contributed by atoms with Crippen LogP contribution in [0.15, 0.2) is 97.1 Å². The zero-order valence-electron chi connectivity index (χ0n) is 34.2. The third kappa shape index (κ3) is 7.10. The average Bonchev–Trinajstić information content (AvgIpc) is 3.08. The summed E-state index contributed by atoms with van der Waals surface area (Å²) in [6.07, 6.45) is 0. The number of rotatable bonds is 6. The quantitative estimate of drug-likeness (QED) is 0.119. The van der Waals surface area contributed by atoms with Crippen LogP contribution in [-0.2, 0) is 0 Å². The van der Waals surface area contributed by atoms with Gasteiger partial charge in [-0.05, 0) is 105 Å². The molecule has 0 spiro atoms. The molecule has 0 N–H and O–H groups in total. The highest BCUT2D eigenvalue weighted by atomic mass is 28.9. The summed E-state index contributed by atoms with van der Waals surface area (Å²) in [6.45, 7) is 27.8. The molecule has 0 fully saturated rings. The number of hydrogen-bond acceptors (Lipinski definition) is 0. The lowest BCUT2D eigenvalue weighted by molar-refractivity contribution is 1.35. The third-order valence-corrected chi connectivity index (χ3v) is 24.4. The molecule has 7 rings (SSSR count). The van der Waals surface area contributed by atoms with Crippen LogP contribution >= 0.6 is 0 Å². The molecule has 0 heterocycles. The molecule has 7 aromatic carbocycles. The topological polar surface area (TPSA) is 0 Å². The fourth-order valence-electron chi connectivity index (χ4n) is 9.32. The van der Waals surface area contributed by atoms with Crippen molar-refractivity contribution >= 4 is 85.7 Å². The summed E-state index contributed by atoms with van der Waals surface area (Å²) in [5, 5.41) is 15.3. The molecule has 0 aliphatic heterocycles. The van der Waals surface area contributed by atoms with Crippen molar-refractivity contribution in [3.63, 3.8) is 0 Å². The molecule has 0 aromatic heterocycles. The van der Waals surface area contributed by atoms with Crippen molar-refractivity contribution in [3.05, 3.63) is 164 Å². The average molecular weight is 765 g/mol. The van der Waals surface area contributed by atoms with E-state index in [0.29, 0.717) is 17.2 Å². The molecule has 4 heteroatoms. The van der Waals surface area contributed by atoms with Gasteiger partial charge in [0.1, 0.15) is 0 Å². The summed E-state index contributed by atoms with van der Waals surface area (Å²) in [7, 11) is -1.19. The lowest BCUT2D eigenvalue weighted by Gasteiger charge is -2.32. The maximum absolute atomic E-state index is 2.48. The smallest absolute Gasteiger partial charge is 0.0177 e. The highest BCUT2D eigenvalue weighted by Crippen LogP contribution is 2.22. The summed E-state index contributed by atoms with van der Waals surface area (Å²) in [5.74, 6) is 0. The molecule has 0 radical (unpaired) electrons. The molecule has 0 bridgehead atoms. The first-order chi connectivity index (χ1) is 25.7. The second-order valence-corrected chi connectivity index (χ2v) is 25.4. The highest BCUT2D eigenvalue weighted by Gasteiger charge is 2.19. The van der Waals surface area contributed by atoms with Crippen LogP contribution in [0.5, 0.6) is 0 Å². The minimum atomic E-state index is -1.30. The van der Waals surface area contributed by atoms with Crippen LogP contribution in [-0.4, -0.2) is 33.0 Å². The lowest BCUT2D eigenvalue weighted by atomic mass is 10.0. The minimum Gasteiger partial charge on any atom is -0.408 e. The van der Waals surface area contributed by atoms with Gasteiger partial charge >= 0.3 is 0 Å². The van der Waals surface area contributed by atoms with Crippen molar-refractivity contribution in [3.8, 4) is 0 Å². The highest BCUT2D eigenvalue weighted by molar-refractivity contribution is 7.10. The Labute approximate surface area is 330 Å². The van der Waals surface area contributed by atoms with Crippen LogP contribution in [0, 0.1) is 83.1 Å². The molecule has 0 saturated heterocycles. The van der Waals surface area contributed by atoms with E-state index in [1.54, 1.807) is 31.1 Å². The van der Waals surface area contributed by atoms with Gasteiger partial charge < -0.3 is 17.2 Å². The predicted octanol–water partition coefficient (Wildman–Crippen LogP) is 7.96. The van der Waals surface area contributed by atoms with E-state index in [4.69, 9.17) is 0 Å². The van der Waals surface area contributed by atoms with Crippen LogP contribution in [0.1, 0.15) is 66.8 Å². The van der Waals surface area contributed by atoms with E-state index in [-0.39, 0.29) is 0 Å². The number of benzene rings is 7. The van der Waals surface area contributed by atoms with Crippen LogP contribution in [0.25, 0.3) is 21.5 Å². The molecule has 0 aliphatic rings. The Kier molecular flexibility index (Phi) is 10.8. The molecule has 7 aromatic rings. The third-order valence-electron chi connectivity index (χ3n) is 11.1. The van der Waals surface area contributed by atoms with Gasteiger partial charge in [0.15, 0.2) is 0 Å². The molecule has 54 heavy (non-hydrogen) atoms. The largest absolute Gasteiger partial charge is 0.408 e. The van der Waals surface area contributed by atoms with E-state index >= 15 is 0 Å². The Morgan fingerprint density at radius 2 is 0.519 bits per heavy atom. The first-order valence-corrected chi connectivity index (χ1v) is 26.3. The lowest BCUT2D eigenvalue weighted by Crippen LogP contribution is -2.47. The SMILES string of the molecule is Cc1cc(C)c([Si-]=[Si](c2c(C)cc(C)cc2C)c2c3ccccc3c([Si](=[Si-]c3c(C)cc(C)cc3C)c3c(C)cc(C)cc3C)c3ccccc23)c(C)c1. The zero-order valence-corrected chi connectivity index (χ0v) is 38.2. The second-order valence-electron chi connectivity index (χ2n) is 15.9. The maximum atomic E-state index is 2.48. The summed E-state index contributed by atoms with van der Waals surface area (Å²) >= 11 is 0. The number of hydrogen-bond donors (Lipinski definition) is 0. The van der Waals surface area contributed by atoms with Gasteiger partial charge in [0.2, 0.25) is 0 Å². The van der Waals surface area contributed by atoms with Gasteiger partial charge in [-0.1, -0.05) is 185 Å². The van der Waals surface area contributed by atoms with E-state index < -0.39 is 15.8 Å². The summed E-state index contributed by atoms with van der Waals surface area (Å²) in [5.41, 5.74) is 16.9. The molecular formula is C50H52Si4-2.